The van der Waals surface area contributed by atoms with Crippen molar-refractivity contribution < 1.29 is 13.2 Å². The minimum atomic E-state index is -3.65. The first kappa shape index (κ1) is 19.1. The van der Waals surface area contributed by atoms with Gasteiger partial charge >= 0.3 is 0 Å². The predicted octanol–water partition coefficient (Wildman–Crippen LogP) is 3.59. The number of rotatable bonds is 7. The average molecular weight is 408 g/mol. The average Bonchev–Trinajstić information content (AvgIpc) is 3.21. The lowest BCUT2D eigenvalue weighted by Crippen LogP contribution is -2.35. The zero-order chi connectivity index (χ0) is 20.3. The molecule has 0 aliphatic rings. The number of pyridine rings is 1. The van der Waals surface area contributed by atoms with E-state index in [2.05, 4.69) is 14.8 Å². The first-order valence-corrected chi connectivity index (χ1v) is 10.6. The quantitative estimate of drug-likeness (QED) is 0.505. The minimum Gasteiger partial charge on any atom is -0.455 e. The van der Waals surface area contributed by atoms with Crippen molar-refractivity contribution in [1.29, 1.82) is 0 Å². The van der Waals surface area contributed by atoms with Crippen LogP contribution in [0.2, 0.25) is 0 Å². The van der Waals surface area contributed by atoms with Crippen molar-refractivity contribution in [2.75, 3.05) is 0 Å². The Balaban J connectivity index is 1.48. The molecule has 29 heavy (non-hydrogen) atoms. The summed E-state index contributed by atoms with van der Waals surface area (Å²) in [6.45, 7) is 2.24. The second-order valence-electron chi connectivity index (χ2n) is 6.66. The molecule has 0 saturated heterocycles. The Morgan fingerprint density at radius 3 is 2.59 bits per heavy atom. The van der Waals surface area contributed by atoms with Crippen molar-refractivity contribution in [1.82, 2.24) is 19.5 Å². The van der Waals surface area contributed by atoms with Crippen molar-refractivity contribution in [2.45, 2.75) is 24.4 Å². The zero-order valence-electron chi connectivity index (χ0n) is 15.8. The van der Waals surface area contributed by atoms with Crippen molar-refractivity contribution in [3.05, 3.63) is 79.3 Å². The topological polar surface area (TPSA) is 86.1 Å². The van der Waals surface area contributed by atoms with Crippen LogP contribution in [-0.4, -0.2) is 29.2 Å². The maximum absolute atomic E-state index is 12.6. The molecule has 2 heterocycles. The van der Waals surface area contributed by atoms with E-state index in [9.17, 15) is 8.42 Å². The molecule has 1 unspecified atom stereocenters. The van der Waals surface area contributed by atoms with Crippen molar-refractivity contribution in [2.24, 2.45) is 0 Å². The fourth-order valence-electron chi connectivity index (χ4n) is 3.03. The highest BCUT2D eigenvalue weighted by atomic mass is 32.2. The highest BCUT2D eigenvalue weighted by Crippen LogP contribution is 2.28. The smallest absolute Gasteiger partial charge is 0.240 e. The highest BCUT2D eigenvalue weighted by molar-refractivity contribution is 7.89. The normalized spacial score (nSPS) is 12.7. The second kappa shape index (κ2) is 8.02. The number of nitrogens with zero attached hydrogens (tertiary/aromatic N) is 3. The van der Waals surface area contributed by atoms with Crippen LogP contribution in [0.5, 0.6) is 11.5 Å². The molecule has 4 aromatic rings. The van der Waals surface area contributed by atoms with Crippen LogP contribution in [0.4, 0.5) is 0 Å². The fourth-order valence-corrected chi connectivity index (χ4v) is 4.27. The number of hydrogen-bond donors (Lipinski definition) is 1. The van der Waals surface area contributed by atoms with Gasteiger partial charge in [0.1, 0.15) is 11.3 Å². The summed E-state index contributed by atoms with van der Waals surface area (Å²) < 4.78 is 35.5. The van der Waals surface area contributed by atoms with E-state index in [1.54, 1.807) is 48.4 Å². The van der Waals surface area contributed by atoms with Gasteiger partial charge in [0.2, 0.25) is 10.0 Å². The van der Waals surface area contributed by atoms with Gasteiger partial charge in [0, 0.05) is 30.0 Å². The van der Waals surface area contributed by atoms with Crippen molar-refractivity contribution in [3.8, 4) is 11.5 Å². The molecule has 8 heteroatoms. The molecule has 0 spiro atoms. The van der Waals surface area contributed by atoms with Gasteiger partial charge in [-0.25, -0.2) is 13.1 Å². The molecule has 7 nitrogen and oxygen atoms in total. The maximum atomic E-state index is 12.6. The van der Waals surface area contributed by atoms with E-state index in [0.717, 1.165) is 10.9 Å². The van der Waals surface area contributed by atoms with E-state index in [1.165, 1.54) is 12.1 Å². The van der Waals surface area contributed by atoms with Crippen LogP contribution in [-0.2, 0) is 16.6 Å². The molecule has 0 saturated carbocycles. The summed E-state index contributed by atoms with van der Waals surface area (Å²) in [6.07, 6.45) is 5.16. The van der Waals surface area contributed by atoms with Gasteiger partial charge in [-0.05, 0) is 49.4 Å². The third-order valence-electron chi connectivity index (χ3n) is 4.33. The standard InChI is InChI=1S/C21H20N4O3S/c1-16(15-25-14-4-13-23-25)24-29(26,27)19-10-8-18(9-11-19)28-20-7-2-5-17-6-3-12-22-21(17)20/h2-14,16,24H,15H2,1H3. The molecule has 1 N–H and O–H groups in total. The third kappa shape index (κ3) is 4.44. The first-order chi connectivity index (χ1) is 14.0. The monoisotopic (exact) mass is 408 g/mol. The number of hydrogen-bond acceptors (Lipinski definition) is 5. The number of aromatic nitrogens is 3. The second-order valence-corrected chi connectivity index (χ2v) is 8.37. The molecule has 0 aliphatic carbocycles. The number of ether oxygens (including phenoxy) is 1. The van der Waals surface area contributed by atoms with Crippen LogP contribution >= 0.6 is 0 Å². The van der Waals surface area contributed by atoms with Crippen LogP contribution in [0.3, 0.4) is 0 Å². The molecule has 0 amide bonds. The molecule has 2 aromatic carbocycles. The third-order valence-corrected chi connectivity index (χ3v) is 5.94. The summed E-state index contributed by atoms with van der Waals surface area (Å²) in [6, 6.07) is 17.3. The van der Waals surface area contributed by atoms with Gasteiger partial charge in [-0.2, -0.15) is 5.10 Å². The minimum absolute atomic E-state index is 0.174. The molecule has 4 rings (SSSR count). The molecule has 0 bridgehead atoms. The summed E-state index contributed by atoms with van der Waals surface area (Å²) >= 11 is 0. The number of para-hydroxylation sites is 1. The molecule has 0 radical (unpaired) electrons. The Bertz CT molecular complexity index is 1200. The largest absolute Gasteiger partial charge is 0.455 e. The lowest BCUT2D eigenvalue weighted by molar-refractivity contribution is 0.486. The predicted molar refractivity (Wildman–Crippen MR) is 110 cm³/mol. The Morgan fingerprint density at radius 2 is 1.83 bits per heavy atom. The van der Waals surface area contributed by atoms with Crippen LogP contribution < -0.4 is 9.46 Å². The maximum Gasteiger partial charge on any atom is 0.240 e. The Labute approximate surface area is 169 Å². The molecule has 2 aromatic heterocycles. The summed E-state index contributed by atoms with van der Waals surface area (Å²) in [5.74, 6) is 1.15. The van der Waals surface area contributed by atoms with Crippen LogP contribution in [0.1, 0.15) is 6.92 Å². The highest BCUT2D eigenvalue weighted by Gasteiger charge is 2.18. The zero-order valence-corrected chi connectivity index (χ0v) is 16.6. The lowest BCUT2D eigenvalue weighted by Gasteiger charge is -2.15. The van der Waals surface area contributed by atoms with Gasteiger partial charge in [-0.15, -0.1) is 0 Å². The van der Waals surface area contributed by atoms with Crippen molar-refractivity contribution in [3.63, 3.8) is 0 Å². The SMILES string of the molecule is CC(Cn1cccn1)NS(=O)(=O)c1ccc(Oc2cccc3cccnc23)cc1. The van der Waals surface area contributed by atoms with Gasteiger partial charge in [0.05, 0.1) is 11.4 Å². The molecule has 0 aliphatic heterocycles. The van der Waals surface area contributed by atoms with Gasteiger partial charge in [-0.1, -0.05) is 18.2 Å². The van der Waals surface area contributed by atoms with E-state index < -0.39 is 10.0 Å². The molecular weight excluding hydrogens is 388 g/mol. The summed E-state index contributed by atoms with van der Waals surface area (Å²) in [4.78, 5) is 4.53. The Kier molecular flexibility index (Phi) is 5.28. The molecule has 0 fully saturated rings. The van der Waals surface area contributed by atoms with E-state index in [4.69, 9.17) is 4.74 Å². The van der Waals surface area contributed by atoms with Crippen LogP contribution in [0.15, 0.2) is 84.1 Å². The van der Waals surface area contributed by atoms with Gasteiger partial charge in [-0.3, -0.25) is 9.67 Å². The number of sulfonamides is 1. The van der Waals surface area contributed by atoms with E-state index >= 15 is 0 Å². The van der Waals surface area contributed by atoms with E-state index in [-0.39, 0.29) is 10.9 Å². The van der Waals surface area contributed by atoms with Crippen LogP contribution in [0, 0.1) is 0 Å². The Hall–Kier alpha value is -3.23. The number of nitrogens with one attached hydrogen (secondary N) is 1. The fraction of sp³-hybridized carbons (Fsp3) is 0.143. The number of benzene rings is 2. The van der Waals surface area contributed by atoms with Gasteiger partial charge in [0.15, 0.2) is 5.75 Å². The first-order valence-electron chi connectivity index (χ1n) is 9.13. The molecule has 148 valence electrons. The number of fused-ring (bicyclic) bond motifs is 1. The van der Waals surface area contributed by atoms with Crippen molar-refractivity contribution >= 4 is 20.9 Å². The summed E-state index contributed by atoms with van der Waals surface area (Å²) in [5.41, 5.74) is 0.751. The Morgan fingerprint density at radius 1 is 1.03 bits per heavy atom. The van der Waals surface area contributed by atoms with E-state index in [0.29, 0.717) is 18.0 Å². The summed E-state index contributed by atoms with van der Waals surface area (Å²) in [5, 5.41) is 5.06. The summed E-state index contributed by atoms with van der Waals surface area (Å²) in [7, 11) is -3.65. The van der Waals surface area contributed by atoms with Gasteiger partial charge < -0.3 is 4.74 Å². The van der Waals surface area contributed by atoms with E-state index in [1.807, 2.05) is 30.3 Å². The molecular formula is C21H20N4O3S. The van der Waals surface area contributed by atoms with Gasteiger partial charge in [0.25, 0.3) is 0 Å². The van der Waals surface area contributed by atoms with Crippen LogP contribution in [0.25, 0.3) is 10.9 Å². The lowest BCUT2D eigenvalue weighted by atomic mass is 10.2. The molecule has 1 atom stereocenters.